The van der Waals surface area contributed by atoms with Crippen molar-refractivity contribution in [3.63, 3.8) is 0 Å². The van der Waals surface area contributed by atoms with Gasteiger partial charge in [0.05, 0.1) is 17.7 Å². The number of Topliss-reactive ketones (excluding diaryl/α,β-unsaturated/α-hetero) is 1. The van der Waals surface area contributed by atoms with E-state index in [2.05, 4.69) is 4.98 Å². The third kappa shape index (κ3) is 3.59. The lowest BCUT2D eigenvalue weighted by Gasteiger charge is -2.05. The first-order valence-electron chi connectivity index (χ1n) is 9.46. The van der Waals surface area contributed by atoms with Crippen LogP contribution in [-0.2, 0) is 11.2 Å². The van der Waals surface area contributed by atoms with Gasteiger partial charge < -0.3 is 14.1 Å². The summed E-state index contributed by atoms with van der Waals surface area (Å²) in [6.45, 7) is 7.23. The topological polar surface area (TPSA) is 96.1 Å². The Morgan fingerprint density at radius 1 is 1.17 bits per heavy atom. The number of hydrogen-bond acceptors (Lipinski definition) is 5. The van der Waals surface area contributed by atoms with Gasteiger partial charge in [0.1, 0.15) is 23.0 Å². The van der Waals surface area contributed by atoms with E-state index in [9.17, 15) is 14.9 Å². The van der Waals surface area contributed by atoms with Gasteiger partial charge in [0.2, 0.25) is 5.78 Å². The fourth-order valence-corrected chi connectivity index (χ4v) is 3.49. The summed E-state index contributed by atoms with van der Waals surface area (Å²) >= 11 is 0. The first kappa shape index (κ1) is 20.2. The number of H-pyrrole nitrogens is 1. The Morgan fingerprint density at radius 2 is 1.86 bits per heavy atom. The highest BCUT2D eigenvalue weighted by atomic mass is 16.5. The molecule has 0 aliphatic rings. The number of ketones is 1. The summed E-state index contributed by atoms with van der Waals surface area (Å²) in [5, 5.41) is 10.6. The number of nitrogens with zero attached hydrogens (tertiary/aromatic N) is 1. The Hall–Kier alpha value is -3.59. The number of carbonyl (C=O) groups excluding carboxylic acids is 2. The number of aromatic nitrogens is 1. The predicted octanol–water partition coefficient (Wildman–Crippen LogP) is 4.91. The van der Waals surface area contributed by atoms with Crippen molar-refractivity contribution in [2.45, 2.75) is 34.1 Å². The molecule has 0 aliphatic heterocycles. The molecule has 0 saturated carbocycles. The van der Waals surface area contributed by atoms with Crippen LogP contribution >= 0.6 is 0 Å². The normalized spacial score (nSPS) is 11.5. The van der Waals surface area contributed by atoms with Gasteiger partial charge >= 0.3 is 5.97 Å². The number of aryl methyl sites for hydroxylation is 3. The van der Waals surface area contributed by atoms with Gasteiger partial charge in [-0.3, -0.25) is 4.79 Å². The molecule has 0 radical (unpaired) electrons. The van der Waals surface area contributed by atoms with Crippen LogP contribution in [-0.4, -0.2) is 23.3 Å². The van der Waals surface area contributed by atoms with Crippen LogP contribution in [0.15, 0.2) is 34.3 Å². The van der Waals surface area contributed by atoms with Gasteiger partial charge in [-0.2, -0.15) is 5.26 Å². The quantitative estimate of drug-likeness (QED) is 0.279. The lowest BCUT2D eigenvalue weighted by Crippen LogP contribution is -2.13. The number of benzene rings is 1. The monoisotopic (exact) mass is 390 g/mol. The van der Waals surface area contributed by atoms with Crippen molar-refractivity contribution in [1.82, 2.24) is 4.98 Å². The first-order valence-corrected chi connectivity index (χ1v) is 9.46. The molecule has 0 unspecified atom stereocenters. The summed E-state index contributed by atoms with van der Waals surface area (Å²) in [6, 6.07) is 9.47. The highest BCUT2D eigenvalue weighted by Gasteiger charge is 2.28. The molecule has 0 bridgehead atoms. The molecule has 1 aromatic carbocycles. The molecule has 1 N–H and O–H groups in total. The average Bonchev–Trinajstić information content (AvgIpc) is 3.21. The maximum absolute atomic E-state index is 13.3. The van der Waals surface area contributed by atoms with Crippen LogP contribution in [0.25, 0.3) is 17.0 Å². The highest BCUT2D eigenvalue weighted by molar-refractivity contribution is 6.19. The molecule has 0 aliphatic carbocycles. The van der Waals surface area contributed by atoms with Crippen LogP contribution in [0.2, 0.25) is 0 Å². The van der Waals surface area contributed by atoms with Gasteiger partial charge in [-0.1, -0.05) is 25.1 Å². The number of hydrogen-bond donors (Lipinski definition) is 1. The van der Waals surface area contributed by atoms with Crippen molar-refractivity contribution in [2.75, 3.05) is 6.61 Å². The molecule has 3 aromatic rings. The highest BCUT2D eigenvalue weighted by Crippen LogP contribution is 2.30. The number of fused-ring (bicyclic) bond motifs is 1. The number of allylic oxidation sites excluding steroid dienone is 1. The molecule has 29 heavy (non-hydrogen) atoms. The van der Waals surface area contributed by atoms with E-state index >= 15 is 0 Å². The third-order valence-electron chi connectivity index (χ3n) is 4.77. The lowest BCUT2D eigenvalue weighted by atomic mass is 9.97. The molecule has 0 saturated heterocycles. The lowest BCUT2D eigenvalue weighted by molar-refractivity contribution is 0.0523. The molecule has 2 heterocycles. The Kier molecular flexibility index (Phi) is 5.69. The Balaban J connectivity index is 2.15. The van der Waals surface area contributed by atoms with Crippen molar-refractivity contribution in [2.24, 2.45) is 0 Å². The van der Waals surface area contributed by atoms with Crippen molar-refractivity contribution >= 4 is 28.8 Å². The second kappa shape index (κ2) is 8.19. The van der Waals surface area contributed by atoms with Crippen molar-refractivity contribution < 1.29 is 18.7 Å². The average molecular weight is 390 g/mol. The number of carbonyl (C=O) groups is 2. The zero-order valence-electron chi connectivity index (χ0n) is 16.9. The van der Waals surface area contributed by atoms with E-state index in [1.165, 1.54) is 0 Å². The number of aromatic amines is 1. The Labute approximate surface area is 168 Å². The first-order chi connectivity index (χ1) is 13.9. The molecular weight excluding hydrogens is 368 g/mol. The molecule has 3 rings (SSSR count). The number of furan rings is 1. The smallest absolute Gasteiger partial charge is 0.340 e. The summed E-state index contributed by atoms with van der Waals surface area (Å²) in [5.41, 5.74) is 2.72. The standard InChI is InChI=1S/C23H22N2O4/c1-5-18-17(16-9-7-8-10-19(16)29-18)11-15(12-24)22(26)20-13(3)25-14(4)21(20)23(27)28-6-2/h7-11,25H,5-6H2,1-4H3/b15-11+. The van der Waals surface area contributed by atoms with Crippen LogP contribution in [0.3, 0.4) is 0 Å². The van der Waals surface area contributed by atoms with Crippen LogP contribution in [0, 0.1) is 25.2 Å². The van der Waals surface area contributed by atoms with E-state index in [1.54, 1.807) is 26.8 Å². The van der Waals surface area contributed by atoms with Crippen LogP contribution in [0.1, 0.15) is 57.3 Å². The van der Waals surface area contributed by atoms with Crippen molar-refractivity contribution in [3.05, 3.63) is 63.7 Å². The second-order valence-electron chi connectivity index (χ2n) is 6.63. The number of ether oxygens (including phenoxy) is 1. The molecule has 0 fully saturated rings. The van der Waals surface area contributed by atoms with Gasteiger partial charge in [0.25, 0.3) is 0 Å². The van der Waals surface area contributed by atoms with Gasteiger partial charge in [-0.15, -0.1) is 0 Å². The maximum atomic E-state index is 13.3. The number of para-hydroxylation sites is 1. The number of nitriles is 1. The van der Waals surface area contributed by atoms with Crippen molar-refractivity contribution in [3.8, 4) is 6.07 Å². The molecule has 0 amide bonds. The minimum Gasteiger partial charge on any atom is -0.462 e. The van der Waals surface area contributed by atoms with E-state index in [4.69, 9.17) is 9.15 Å². The van der Waals surface area contributed by atoms with Crippen molar-refractivity contribution in [1.29, 1.82) is 5.26 Å². The van der Waals surface area contributed by atoms with Crippen LogP contribution in [0.4, 0.5) is 0 Å². The van der Waals surface area contributed by atoms with Gasteiger partial charge in [-0.05, 0) is 32.9 Å². The van der Waals surface area contributed by atoms with Gasteiger partial charge in [0.15, 0.2) is 0 Å². The molecule has 6 heteroatoms. The summed E-state index contributed by atoms with van der Waals surface area (Å²) < 4.78 is 11.0. The van der Waals surface area contributed by atoms with E-state index in [0.717, 1.165) is 5.39 Å². The fourth-order valence-electron chi connectivity index (χ4n) is 3.49. The minimum absolute atomic E-state index is 0.0705. The number of nitrogens with one attached hydrogen (secondary N) is 1. The van der Waals surface area contributed by atoms with E-state index in [1.807, 2.05) is 37.3 Å². The molecule has 0 atom stereocenters. The third-order valence-corrected chi connectivity index (χ3v) is 4.77. The number of rotatable bonds is 6. The minimum atomic E-state index is -0.585. The predicted molar refractivity (Wildman–Crippen MR) is 110 cm³/mol. The number of esters is 1. The van der Waals surface area contributed by atoms with E-state index in [-0.39, 0.29) is 23.3 Å². The summed E-state index contributed by atoms with van der Waals surface area (Å²) in [5.74, 6) is -0.415. The van der Waals surface area contributed by atoms with E-state index in [0.29, 0.717) is 34.7 Å². The Morgan fingerprint density at radius 3 is 2.52 bits per heavy atom. The molecule has 6 nitrogen and oxygen atoms in total. The maximum Gasteiger partial charge on any atom is 0.340 e. The summed E-state index contributed by atoms with van der Waals surface area (Å²) in [7, 11) is 0. The van der Waals surface area contributed by atoms with Gasteiger partial charge in [0, 0.05) is 28.8 Å². The molecule has 0 spiro atoms. The Bertz CT molecular complexity index is 1170. The largest absolute Gasteiger partial charge is 0.462 e. The van der Waals surface area contributed by atoms with Crippen LogP contribution in [0.5, 0.6) is 0 Å². The SMILES string of the molecule is CCOC(=O)c1c(C)[nH]c(C)c1C(=O)/C(C#N)=C/c1c(CC)oc2ccccc12. The second-order valence-corrected chi connectivity index (χ2v) is 6.63. The zero-order chi connectivity index (χ0) is 21.1. The summed E-state index contributed by atoms with van der Waals surface area (Å²) in [4.78, 5) is 28.7. The molecular formula is C23H22N2O4. The fraction of sp³-hybridized carbons (Fsp3) is 0.261. The van der Waals surface area contributed by atoms with Gasteiger partial charge in [-0.25, -0.2) is 4.79 Å². The summed E-state index contributed by atoms with van der Waals surface area (Å²) in [6.07, 6.45) is 2.16. The zero-order valence-corrected chi connectivity index (χ0v) is 16.9. The molecule has 148 valence electrons. The van der Waals surface area contributed by atoms with Crippen LogP contribution < -0.4 is 0 Å². The van der Waals surface area contributed by atoms with E-state index < -0.39 is 11.8 Å². The molecule has 2 aromatic heterocycles.